The Hall–Kier alpha value is -1.28. The Labute approximate surface area is 110 Å². The standard InChI is InChI=1S/C11H13N3O2S2/c12-5-9-1-3-11(4-2-9)18(15,16)14-7-10-6-13-8-17-10/h1-4,6,8,14H,5,7,12H2. The molecular formula is C11H13N3O2S2. The highest BCUT2D eigenvalue weighted by molar-refractivity contribution is 7.89. The van der Waals surface area contributed by atoms with E-state index in [0.717, 1.165) is 10.4 Å². The lowest BCUT2D eigenvalue weighted by Crippen LogP contribution is -2.22. The van der Waals surface area contributed by atoms with Gasteiger partial charge in [-0.1, -0.05) is 12.1 Å². The van der Waals surface area contributed by atoms with Gasteiger partial charge in [-0.2, -0.15) is 0 Å². The van der Waals surface area contributed by atoms with E-state index < -0.39 is 10.0 Å². The molecule has 0 aliphatic rings. The van der Waals surface area contributed by atoms with E-state index in [-0.39, 0.29) is 11.4 Å². The first-order chi connectivity index (χ1) is 8.62. The van der Waals surface area contributed by atoms with Crippen LogP contribution in [-0.2, 0) is 23.1 Å². The SMILES string of the molecule is NCc1ccc(S(=O)(=O)NCc2cncs2)cc1. The Morgan fingerprint density at radius 2 is 2.00 bits per heavy atom. The number of nitrogens with one attached hydrogen (secondary N) is 1. The van der Waals surface area contributed by atoms with E-state index in [2.05, 4.69) is 9.71 Å². The predicted molar refractivity (Wildman–Crippen MR) is 70.5 cm³/mol. The van der Waals surface area contributed by atoms with Crippen molar-refractivity contribution in [3.63, 3.8) is 0 Å². The number of rotatable bonds is 5. The molecule has 0 spiro atoms. The maximum absolute atomic E-state index is 12.0. The minimum Gasteiger partial charge on any atom is -0.326 e. The van der Waals surface area contributed by atoms with Crippen molar-refractivity contribution >= 4 is 21.4 Å². The molecule has 1 aromatic heterocycles. The van der Waals surface area contributed by atoms with Gasteiger partial charge in [-0.3, -0.25) is 4.98 Å². The first-order valence-electron chi connectivity index (χ1n) is 5.28. The minimum atomic E-state index is -3.47. The van der Waals surface area contributed by atoms with Crippen molar-refractivity contribution in [2.75, 3.05) is 0 Å². The van der Waals surface area contributed by atoms with E-state index in [1.165, 1.54) is 11.3 Å². The molecule has 5 nitrogen and oxygen atoms in total. The van der Waals surface area contributed by atoms with Crippen LogP contribution in [0.5, 0.6) is 0 Å². The van der Waals surface area contributed by atoms with Gasteiger partial charge in [-0.05, 0) is 17.7 Å². The number of thiazole rings is 1. The van der Waals surface area contributed by atoms with E-state index in [0.29, 0.717) is 6.54 Å². The quantitative estimate of drug-likeness (QED) is 0.860. The van der Waals surface area contributed by atoms with Crippen LogP contribution in [-0.4, -0.2) is 13.4 Å². The monoisotopic (exact) mass is 283 g/mol. The Morgan fingerprint density at radius 3 is 2.56 bits per heavy atom. The van der Waals surface area contributed by atoms with Crippen molar-refractivity contribution in [1.29, 1.82) is 0 Å². The van der Waals surface area contributed by atoms with E-state index in [4.69, 9.17) is 5.73 Å². The molecule has 0 radical (unpaired) electrons. The molecule has 0 saturated carbocycles. The van der Waals surface area contributed by atoms with Gasteiger partial charge in [0.25, 0.3) is 0 Å². The molecule has 3 N–H and O–H groups in total. The summed E-state index contributed by atoms with van der Waals surface area (Å²) in [6, 6.07) is 6.52. The lowest BCUT2D eigenvalue weighted by Gasteiger charge is -2.06. The van der Waals surface area contributed by atoms with Crippen molar-refractivity contribution in [2.24, 2.45) is 5.73 Å². The van der Waals surface area contributed by atoms with Crippen LogP contribution in [0.2, 0.25) is 0 Å². The van der Waals surface area contributed by atoms with Crippen LogP contribution in [0.15, 0.2) is 40.9 Å². The highest BCUT2D eigenvalue weighted by Gasteiger charge is 2.13. The molecule has 0 aliphatic carbocycles. The molecule has 0 unspecified atom stereocenters. The number of hydrogen-bond donors (Lipinski definition) is 2. The van der Waals surface area contributed by atoms with E-state index in [1.54, 1.807) is 36.0 Å². The molecule has 1 aromatic carbocycles. The van der Waals surface area contributed by atoms with E-state index in [1.807, 2.05) is 0 Å². The highest BCUT2D eigenvalue weighted by Crippen LogP contribution is 2.12. The molecule has 0 amide bonds. The van der Waals surface area contributed by atoms with Crippen LogP contribution in [0.4, 0.5) is 0 Å². The summed E-state index contributed by atoms with van der Waals surface area (Å²) >= 11 is 1.41. The fourth-order valence-electron chi connectivity index (χ4n) is 1.38. The van der Waals surface area contributed by atoms with Crippen molar-refractivity contribution in [3.05, 3.63) is 46.4 Å². The molecule has 0 atom stereocenters. The molecule has 0 saturated heterocycles. The third-order valence-corrected chi connectivity index (χ3v) is 4.59. The highest BCUT2D eigenvalue weighted by atomic mass is 32.2. The molecule has 1 heterocycles. The molecule has 0 fully saturated rings. The third kappa shape index (κ3) is 3.14. The van der Waals surface area contributed by atoms with Gasteiger partial charge in [-0.15, -0.1) is 11.3 Å². The number of nitrogens with zero attached hydrogens (tertiary/aromatic N) is 1. The summed E-state index contributed by atoms with van der Waals surface area (Å²) in [6.07, 6.45) is 1.64. The number of sulfonamides is 1. The lowest BCUT2D eigenvalue weighted by atomic mass is 10.2. The van der Waals surface area contributed by atoms with Crippen LogP contribution in [0.3, 0.4) is 0 Å². The number of aromatic nitrogens is 1. The normalized spacial score (nSPS) is 11.6. The van der Waals surface area contributed by atoms with Gasteiger partial charge in [0.05, 0.1) is 10.4 Å². The first kappa shape index (κ1) is 13.2. The first-order valence-corrected chi connectivity index (χ1v) is 7.64. The molecule has 7 heteroatoms. The maximum atomic E-state index is 12.0. The van der Waals surface area contributed by atoms with E-state index >= 15 is 0 Å². The van der Waals surface area contributed by atoms with Crippen LogP contribution < -0.4 is 10.5 Å². The second-order valence-corrected chi connectivity index (χ2v) is 6.38. The Morgan fingerprint density at radius 1 is 1.28 bits per heavy atom. The zero-order chi connectivity index (χ0) is 13.0. The van der Waals surface area contributed by atoms with Crippen molar-refractivity contribution < 1.29 is 8.42 Å². The molecule has 96 valence electrons. The molecule has 0 aliphatic heterocycles. The van der Waals surface area contributed by atoms with Gasteiger partial charge in [0.15, 0.2) is 0 Å². The summed E-state index contributed by atoms with van der Waals surface area (Å²) in [7, 11) is -3.47. The smallest absolute Gasteiger partial charge is 0.240 e. The number of benzene rings is 1. The van der Waals surface area contributed by atoms with Crippen LogP contribution in [0.25, 0.3) is 0 Å². The van der Waals surface area contributed by atoms with E-state index in [9.17, 15) is 8.42 Å². The van der Waals surface area contributed by atoms with Gasteiger partial charge in [0.2, 0.25) is 10.0 Å². The summed E-state index contributed by atoms with van der Waals surface area (Å²) in [4.78, 5) is 5.00. The topological polar surface area (TPSA) is 85.1 Å². The second-order valence-electron chi connectivity index (χ2n) is 3.64. The average molecular weight is 283 g/mol. The van der Waals surface area contributed by atoms with Gasteiger partial charge in [0, 0.05) is 24.2 Å². The van der Waals surface area contributed by atoms with Crippen molar-refractivity contribution in [2.45, 2.75) is 18.0 Å². The zero-order valence-electron chi connectivity index (χ0n) is 9.54. The lowest BCUT2D eigenvalue weighted by molar-refractivity contribution is 0.581. The maximum Gasteiger partial charge on any atom is 0.240 e. The summed E-state index contributed by atoms with van der Waals surface area (Å²) in [5.74, 6) is 0. The van der Waals surface area contributed by atoms with Gasteiger partial charge in [0.1, 0.15) is 0 Å². The summed E-state index contributed by atoms with van der Waals surface area (Å²) in [6.45, 7) is 0.653. The van der Waals surface area contributed by atoms with Crippen LogP contribution >= 0.6 is 11.3 Å². The van der Waals surface area contributed by atoms with Crippen molar-refractivity contribution in [3.8, 4) is 0 Å². The third-order valence-electron chi connectivity index (χ3n) is 2.39. The molecule has 0 bridgehead atoms. The molecule has 2 aromatic rings. The zero-order valence-corrected chi connectivity index (χ0v) is 11.2. The largest absolute Gasteiger partial charge is 0.326 e. The number of hydrogen-bond acceptors (Lipinski definition) is 5. The van der Waals surface area contributed by atoms with Crippen LogP contribution in [0, 0.1) is 0 Å². The van der Waals surface area contributed by atoms with Crippen molar-refractivity contribution in [1.82, 2.24) is 9.71 Å². The summed E-state index contributed by atoms with van der Waals surface area (Å²) in [5.41, 5.74) is 8.03. The fourth-order valence-corrected chi connectivity index (χ4v) is 3.02. The molecule has 18 heavy (non-hydrogen) atoms. The Kier molecular flexibility index (Phi) is 4.07. The van der Waals surface area contributed by atoms with Gasteiger partial charge < -0.3 is 5.73 Å². The Balaban J connectivity index is 2.09. The molecular weight excluding hydrogens is 270 g/mol. The minimum absolute atomic E-state index is 0.240. The summed E-state index contributed by atoms with van der Waals surface area (Å²) in [5, 5.41) is 0. The fraction of sp³-hybridized carbons (Fsp3) is 0.182. The summed E-state index contributed by atoms with van der Waals surface area (Å²) < 4.78 is 26.5. The second kappa shape index (κ2) is 5.57. The average Bonchev–Trinajstić information content (AvgIpc) is 2.90. The predicted octanol–water partition coefficient (Wildman–Crippen LogP) is 1.08. The van der Waals surface area contributed by atoms with Gasteiger partial charge in [-0.25, -0.2) is 13.1 Å². The number of nitrogens with two attached hydrogens (primary N) is 1. The van der Waals surface area contributed by atoms with Gasteiger partial charge >= 0.3 is 0 Å². The molecule has 2 rings (SSSR count). The Bertz CT molecular complexity index is 592. The van der Waals surface area contributed by atoms with Crippen LogP contribution in [0.1, 0.15) is 10.4 Å².